The monoisotopic (exact) mass is 344 g/mol. The van der Waals surface area contributed by atoms with Crippen molar-refractivity contribution < 1.29 is 24.5 Å². The molecule has 1 aliphatic rings. The van der Waals surface area contributed by atoms with Crippen LogP contribution in [0.3, 0.4) is 0 Å². The SMILES string of the molecule is CCCCC[C@@H]1O[C@H]([C@H](O)CCCCCCCC(=O)OC)C[C@@H]1O. The zero-order chi connectivity index (χ0) is 17.8. The van der Waals surface area contributed by atoms with Crippen molar-refractivity contribution in [2.45, 2.75) is 108 Å². The lowest BCUT2D eigenvalue weighted by Gasteiger charge is -2.19. The summed E-state index contributed by atoms with van der Waals surface area (Å²) >= 11 is 0. The van der Waals surface area contributed by atoms with Crippen LogP contribution in [-0.2, 0) is 14.3 Å². The van der Waals surface area contributed by atoms with E-state index < -0.39 is 12.2 Å². The Kier molecular flexibility index (Phi) is 11.3. The van der Waals surface area contributed by atoms with Crippen LogP contribution in [0.15, 0.2) is 0 Å². The second-order valence-electron chi connectivity index (χ2n) is 6.96. The molecule has 1 aliphatic heterocycles. The first kappa shape index (κ1) is 21.4. The normalized spacial score (nSPS) is 24.9. The molecule has 142 valence electrons. The molecule has 1 fully saturated rings. The standard InChI is InChI=1S/C19H36O5/c1-3-4-8-12-17-16(21)14-18(24-17)15(20)11-9-6-5-7-10-13-19(22)23-2/h15-18,20-21H,3-14H2,1-2H3/t15-,16+,17+,18+/m1/s1. The molecule has 1 rings (SSSR count). The number of methoxy groups -OCH3 is 1. The predicted molar refractivity (Wildman–Crippen MR) is 93.8 cm³/mol. The molecule has 1 saturated heterocycles. The van der Waals surface area contributed by atoms with Gasteiger partial charge in [-0.15, -0.1) is 0 Å². The summed E-state index contributed by atoms with van der Waals surface area (Å²) in [7, 11) is 1.42. The zero-order valence-electron chi connectivity index (χ0n) is 15.4. The van der Waals surface area contributed by atoms with Gasteiger partial charge in [0.25, 0.3) is 0 Å². The van der Waals surface area contributed by atoms with Gasteiger partial charge in [0.2, 0.25) is 0 Å². The average Bonchev–Trinajstić information content (AvgIpc) is 2.95. The molecule has 0 saturated carbocycles. The molecule has 1 heterocycles. The number of ether oxygens (including phenoxy) is 2. The number of esters is 1. The van der Waals surface area contributed by atoms with Crippen molar-refractivity contribution in [3.63, 3.8) is 0 Å². The Morgan fingerprint density at radius 3 is 2.58 bits per heavy atom. The van der Waals surface area contributed by atoms with E-state index in [-0.39, 0.29) is 18.2 Å². The van der Waals surface area contributed by atoms with Gasteiger partial charge in [0, 0.05) is 12.8 Å². The predicted octanol–water partition coefficient (Wildman–Crippen LogP) is 3.35. The quantitative estimate of drug-likeness (QED) is 0.396. The molecule has 0 aromatic carbocycles. The molecule has 0 radical (unpaired) electrons. The Bertz CT molecular complexity index is 334. The lowest BCUT2D eigenvalue weighted by atomic mass is 10.0. The minimum atomic E-state index is -0.481. The van der Waals surface area contributed by atoms with Crippen molar-refractivity contribution in [3.05, 3.63) is 0 Å². The van der Waals surface area contributed by atoms with Gasteiger partial charge in [-0.3, -0.25) is 4.79 Å². The van der Waals surface area contributed by atoms with Crippen molar-refractivity contribution in [1.29, 1.82) is 0 Å². The van der Waals surface area contributed by atoms with E-state index in [9.17, 15) is 15.0 Å². The number of hydrogen-bond donors (Lipinski definition) is 2. The fourth-order valence-corrected chi connectivity index (χ4v) is 3.31. The van der Waals surface area contributed by atoms with Crippen LogP contribution in [-0.4, -0.2) is 47.7 Å². The second kappa shape index (κ2) is 12.7. The van der Waals surface area contributed by atoms with Crippen LogP contribution in [0.25, 0.3) is 0 Å². The van der Waals surface area contributed by atoms with E-state index in [0.29, 0.717) is 12.8 Å². The molecule has 0 aliphatic carbocycles. The molecule has 0 amide bonds. The number of rotatable bonds is 13. The number of hydrogen-bond acceptors (Lipinski definition) is 5. The maximum atomic E-state index is 11.0. The van der Waals surface area contributed by atoms with E-state index in [4.69, 9.17) is 4.74 Å². The van der Waals surface area contributed by atoms with Crippen molar-refractivity contribution in [2.75, 3.05) is 7.11 Å². The average molecular weight is 344 g/mol. The maximum absolute atomic E-state index is 11.0. The molecule has 24 heavy (non-hydrogen) atoms. The van der Waals surface area contributed by atoms with Crippen LogP contribution in [0.4, 0.5) is 0 Å². The van der Waals surface area contributed by atoms with Crippen molar-refractivity contribution in [2.24, 2.45) is 0 Å². The Morgan fingerprint density at radius 1 is 1.17 bits per heavy atom. The van der Waals surface area contributed by atoms with Crippen LogP contribution in [0.1, 0.15) is 84.0 Å². The second-order valence-corrected chi connectivity index (χ2v) is 6.96. The number of carbonyl (C=O) groups is 1. The Morgan fingerprint density at radius 2 is 1.88 bits per heavy atom. The topological polar surface area (TPSA) is 76.0 Å². The Balaban J connectivity index is 2.06. The smallest absolute Gasteiger partial charge is 0.305 e. The summed E-state index contributed by atoms with van der Waals surface area (Å²) in [5, 5.41) is 20.3. The number of carbonyl (C=O) groups excluding carboxylic acids is 1. The van der Waals surface area contributed by atoms with Gasteiger partial charge in [0.15, 0.2) is 0 Å². The lowest BCUT2D eigenvalue weighted by molar-refractivity contribution is -0.140. The molecular formula is C19H36O5. The lowest BCUT2D eigenvalue weighted by Crippen LogP contribution is -2.26. The third-order valence-electron chi connectivity index (χ3n) is 4.88. The van der Waals surface area contributed by atoms with Gasteiger partial charge in [-0.2, -0.15) is 0 Å². The first-order valence-corrected chi connectivity index (χ1v) is 9.66. The first-order chi connectivity index (χ1) is 11.6. The summed E-state index contributed by atoms with van der Waals surface area (Å²) in [6, 6.07) is 0. The highest BCUT2D eigenvalue weighted by Gasteiger charge is 2.36. The van der Waals surface area contributed by atoms with E-state index in [0.717, 1.165) is 64.2 Å². The van der Waals surface area contributed by atoms with Crippen LogP contribution in [0, 0.1) is 0 Å². The third kappa shape index (κ3) is 8.45. The van der Waals surface area contributed by atoms with Gasteiger partial charge < -0.3 is 19.7 Å². The Hall–Kier alpha value is -0.650. The van der Waals surface area contributed by atoms with E-state index in [2.05, 4.69) is 11.7 Å². The third-order valence-corrected chi connectivity index (χ3v) is 4.88. The van der Waals surface area contributed by atoms with Gasteiger partial charge in [0.05, 0.1) is 31.5 Å². The minimum absolute atomic E-state index is 0.102. The van der Waals surface area contributed by atoms with Crippen LogP contribution >= 0.6 is 0 Å². The van der Waals surface area contributed by atoms with Crippen LogP contribution < -0.4 is 0 Å². The number of unbranched alkanes of at least 4 members (excludes halogenated alkanes) is 6. The number of aliphatic hydroxyl groups excluding tert-OH is 2. The largest absolute Gasteiger partial charge is 0.469 e. The molecule has 0 aromatic heterocycles. The van der Waals surface area contributed by atoms with Crippen molar-refractivity contribution >= 4 is 5.97 Å². The Labute approximate surface area is 146 Å². The molecule has 0 bridgehead atoms. The van der Waals surface area contributed by atoms with Crippen molar-refractivity contribution in [3.8, 4) is 0 Å². The summed E-state index contributed by atoms with van der Waals surface area (Å²) in [5.41, 5.74) is 0. The summed E-state index contributed by atoms with van der Waals surface area (Å²) in [6.07, 6.45) is 9.78. The van der Waals surface area contributed by atoms with E-state index in [1.54, 1.807) is 0 Å². The fraction of sp³-hybridized carbons (Fsp3) is 0.947. The molecular weight excluding hydrogens is 308 g/mol. The highest BCUT2D eigenvalue weighted by atomic mass is 16.5. The minimum Gasteiger partial charge on any atom is -0.469 e. The summed E-state index contributed by atoms with van der Waals surface area (Å²) in [6.45, 7) is 2.16. The molecule has 0 spiro atoms. The molecule has 2 N–H and O–H groups in total. The highest BCUT2D eigenvalue weighted by molar-refractivity contribution is 5.68. The number of aliphatic hydroxyl groups is 2. The molecule has 0 aromatic rings. The summed E-state index contributed by atoms with van der Waals surface area (Å²) in [4.78, 5) is 11.0. The molecule has 0 unspecified atom stereocenters. The van der Waals surface area contributed by atoms with E-state index in [1.807, 2.05) is 0 Å². The van der Waals surface area contributed by atoms with Crippen molar-refractivity contribution in [1.82, 2.24) is 0 Å². The van der Waals surface area contributed by atoms with Gasteiger partial charge in [-0.25, -0.2) is 0 Å². The van der Waals surface area contributed by atoms with Gasteiger partial charge >= 0.3 is 5.97 Å². The molecule has 5 heteroatoms. The molecule has 5 nitrogen and oxygen atoms in total. The first-order valence-electron chi connectivity index (χ1n) is 9.66. The van der Waals surface area contributed by atoms with Gasteiger partial charge in [0.1, 0.15) is 0 Å². The summed E-state index contributed by atoms with van der Waals surface area (Å²) < 4.78 is 10.5. The molecule has 4 atom stereocenters. The van der Waals surface area contributed by atoms with E-state index in [1.165, 1.54) is 7.11 Å². The highest BCUT2D eigenvalue weighted by Crippen LogP contribution is 2.28. The zero-order valence-corrected chi connectivity index (χ0v) is 15.4. The summed E-state index contributed by atoms with van der Waals surface area (Å²) in [5.74, 6) is -0.143. The van der Waals surface area contributed by atoms with Gasteiger partial charge in [-0.1, -0.05) is 51.9 Å². The van der Waals surface area contributed by atoms with Crippen LogP contribution in [0.2, 0.25) is 0 Å². The van der Waals surface area contributed by atoms with Gasteiger partial charge in [-0.05, 0) is 19.3 Å². The van der Waals surface area contributed by atoms with E-state index >= 15 is 0 Å². The fourth-order valence-electron chi connectivity index (χ4n) is 3.31. The van der Waals surface area contributed by atoms with Crippen LogP contribution in [0.5, 0.6) is 0 Å². The maximum Gasteiger partial charge on any atom is 0.305 e.